The Morgan fingerprint density at radius 2 is 2.00 bits per heavy atom. The summed E-state index contributed by atoms with van der Waals surface area (Å²) in [6, 6.07) is 9.37. The molecule has 0 aliphatic heterocycles. The molecule has 9 heteroatoms. The van der Waals surface area contributed by atoms with E-state index in [2.05, 4.69) is 15.0 Å². The molecule has 0 amide bonds. The van der Waals surface area contributed by atoms with Gasteiger partial charge in [-0.1, -0.05) is 30.3 Å². The standard InChI is InChI=1S/C13H14N6O2S/c1-22(15,21)12-17-10(14)9-11(18-12)19(13(20)16-9)7-8-5-3-2-4-6-8/h2-6,15H,7H2,1H3,(H,16,20)(H2,14,17,18)/t22-/m0/s1. The Morgan fingerprint density at radius 3 is 2.64 bits per heavy atom. The molecule has 0 saturated heterocycles. The van der Waals surface area contributed by atoms with Gasteiger partial charge in [-0.3, -0.25) is 4.57 Å². The number of nitrogens with two attached hydrogens (primary N) is 1. The molecule has 1 atom stereocenters. The highest BCUT2D eigenvalue weighted by molar-refractivity contribution is 7.91. The summed E-state index contributed by atoms with van der Waals surface area (Å²) in [5.41, 5.74) is 6.84. The highest BCUT2D eigenvalue weighted by atomic mass is 32.2. The van der Waals surface area contributed by atoms with E-state index >= 15 is 0 Å². The zero-order valence-electron chi connectivity index (χ0n) is 11.7. The molecule has 0 saturated carbocycles. The lowest BCUT2D eigenvalue weighted by Gasteiger charge is -2.05. The normalized spacial score (nSPS) is 14.0. The monoisotopic (exact) mass is 318 g/mol. The molecule has 0 unspecified atom stereocenters. The summed E-state index contributed by atoms with van der Waals surface area (Å²) in [4.78, 5) is 22.7. The third kappa shape index (κ3) is 2.46. The number of nitrogen functional groups attached to an aromatic ring is 1. The minimum Gasteiger partial charge on any atom is -0.382 e. The Morgan fingerprint density at radius 1 is 1.32 bits per heavy atom. The van der Waals surface area contributed by atoms with Crippen LogP contribution in [0.1, 0.15) is 5.56 Å². The van der Waals surface area contributed by atoms with E-state index in [1.54, 1.807) is 0 Å². The second-order valence-electron chi connectivity index (χ2n) is 4.94. The molecule has 0 bridgehead atoms. The van der Waals surface area contributed by atoms with E-state index < -0.39 is 9.73 Å². The summed E-state index contributed by atoms with van der Waals surface area (Å²) in [5, 5.41) is -0.182. The van der Waals surface area contributed by atoms with Crippen molar-refractivity contribution in [2.24, 2.45) is 0 Å². The maximum absolute atomic E-state index is 12.1. The third-order valence-electron chi connectivity index (χ3n) is 3.16. The Bertz CT molecular complexity index is 1000. The highest BCUT2D eigenvalue weighted by Gasteiger charge is 2.17. The molecule has 8 nitrogen and oxygen atoms in total. The number of fused-ring (bicyclic) bond motifs is 1. The fourth-order valence-electron chi connectivity index (χ4n) is 2.12. The first-order valence-corrected chi connectivity index (χ1v) is 8.36. The van der Waals surface area contributed by atoms with Crippen LogP contribution in [0.25, 0.3) is 11.2 Å². The number of aromatic amines is 1. The van der Waals surface area contributed by atoms with Crippen molar-refractivity contribution in [3.05, 3.63) is 46.4 Å². The average Bonchev–Trinajstić information content (AvgIpc) is 2.77. The Balaban J connectivity index is 2.24. The number of rotatable bonds is 3. The minimum absolute atomic E-state index is 0.00531. The fourth-order valence-corrected chi connectivity index (χ4v) is 2.65. The molecule has 1 aromatic carbocycles. The van der Waals surface area contributed by atoms with E-state index in [1.165, 1.54) is 10.8 Å². The summed E-state index contributed by atoms with van der Waals surface area (Å²) in [7, 11) is -3.13. The van der Waals surface area contributed by atoms with Crippen molar-refractivity contribution in [3.63, 3.8) is 0 Å². The van der Waals surface area contributed by atoms with Gasteiger partial charge in [0.2, 0.25) is 5.16 Å². The van der Waals surface area contributed by atoms with Crippen LogP contribution in [0.15, 0.2) is 40.3 Å². The van der Waals surface area contributed by atoms with Crippen LogP contribution in [-0.2, 0) is 16.3 Å². The maximum atomic E-state index is 12.1. The second kappa shape index (κ2) is 4.95. The molecule has 0 aliphatic rings. The van der Waals surface area contributed by atoms with Crippen LogP contribution in [0.4, 0.5) is 5.82 Å². The summed E-state index contributed by atoms with van der Waals surface area (Å²) < 4.78 is 20.8. The van der Waals surface area contributed by atoms with E-state index in [9.17, 15) is 9.00 Å². The molecule has 0 aliphatic carbocycles. The highest BCUT2D eigenvalue weighted by Crippen LogP contribution is 2.17. The molecule has 2 heterocycles. The van der Waals surface area contributed by atoms with Crippen LogP contribution in [-0.4, -0.2) is 30.0 Å². The SMILES string of the molecule is C[S@](=N)(=O)c1nc(N)c2[nH]c(=O)n(Cc3ccccc3)c2n1. The van der Waals surface area contributed by atoms with Gasteiger partial charge in [-0.25, -0.2) is 18.8 Å². The number of imidazole rings is 1. The van der Waals surface area contributed by atoms with E-state index in [1.807, 2.05) is 30.3 Å². The quantitative estimate of drug-likeness (QED) is 0.614. The van der Waals surface area contributed by atoms with Gasteiger partial charge in [-0.05, 0) is 5.56 Å². The van der Waals surface area contributed by atoms with Gasteiger partial charge in [0.1, 0.15) is 15.2 Å². The lowest BCUT2D eigenvalue weighted by molar-refractivity contribution is 0.671. The molecule has 0 fully saturated rings. The van der Waals surface area contributed by atoms with Crippen molar-refractivity contribution in [2.75, 3.05) is 12.0 Å². The van der Waals surface area contributed by atoms with E-state index in [4.69, 9.17) is 10.5 Å². The zero-order valence-corrected chi connectivity index (χ0v) is 12.6. The first-order valence-electron chi connectivity index (χ1n) is 6.40. The molecule has 0 spiro atoms. The summed E-state index contributed by atoms with van der Waals surface area (Å²) in [6.45, 7) is 0.290. The van der Waals surface area contributed by atoms with Gasteiger partial charge < -0.3 is 10.7 Å². The van der Waals surface area contributed by atoms with Gasteiger partial charge in [0.15, 0.2) is 11.5 Å². The summed E-state index contributed by atoms with van der Waals surface area (Å²) in [5.74, 6) is 0.00531. The van der Waals surface area contributed by atoms with E-state index in [0.29, 0.717) is 6.54 Å². The Hall–Kier alpha value is -2.68. The Kier molecular flexibility index (Phi) is 3.21. The minimum atomic E-state index is -3.13. The predicted octanol–water partition coefficient (Wildman–Crippen LogP) is 0.786. The molecule has 3 aromatic rings. The predicted molar refractivity (Wildman–Crippen MR) is 83.2 cm³/mol. The topological polar surface area (TPSA) is 131 Å². The molecular weight excluding hydrogens is 304 g/mol. The van der Waals surface area contributed by atoms with Crippen molar-refractivity contribution in [1.29, 1.82) is 4.78 Å². The van der Waals surface area contributed by atoms with Crippen molar-refractivity contribution in [1.82, 2.24) is 19.5 Å². The van der Waals surface area contributed by atoms with Crippen molar-refractivity contribution < 1.29 is 4.21 Å². The van der Waals surface area contributed by atoms with Crippen molar-refractivity contribution in [2.45, 2.75) is 11.7 Å². The number of hydrogen-bond acceptors (Lipinski definition) is 6. The molecule has 114 valence electrons. The maximum Gasteiger partial charge on any atom is 0.328 e. The first kappa shape index (κ1) is 14.3. The van der Waals surface area contributed by atoms with Gasteiger partial charge in [0, 0.05) is 6.26 Å². The van der Waals surface area contributed by atoms with Gasteiger partial charge >= 0.3 is 5.69 Å². The molecule has 0 radical (unpaired) electrons. The lowest BCUT2D eigenvalue weighted by atomic mass is 10.2. The number of H-pyrrole nitrogens is 1. The van der Waals surface area contributed by atoms with Crippen molar-refractivity contribution in [3.8, 4) is 0 Å². The number of nitrogens with zero attached hydrogens (tertiary/aromatic N) is 3. The summed E-state index contributed by atoms with van der Waals surface area (Å²) >= 11 is 0. The number of benzene rings is 1. The molecule has 4 N–H and O–H groups in total. The van der Waals surface area contributed by atoms with Gasteiger partial charge in [-0.15, -0.1) is 0 Å². The van der Waals surface area contributed by atoms with Crippen molar-refractivity contribution >= 4 is 26.7 Å². The van der Waals surface area contributed by atoms with Crippen LogP contribution < -0.4 is 11.4 Å². The number of anilines is 1. The van der Waals surface area contributed by atoms with Crippen LogP contribution in [0.5, 0.6) is 0 Å². The van der Waals surface area contributed by atoms with Crippen LogP contribution in [0, 0.1) is 4.78 Å². The lowest BCUT2D eigenvalue weighted by Crippen LogP contribution is -2.18. The first-order chi connectivity index (χ1) is 10.4. The van der Waals surface area contributed by atoms with Gasteiger partial charge in [0.05, 0.1) is 6.54 Å². The number of aromatic nitrogens is 4. The van der Waals surface area contributed by atoms with Gasteiger partial charge in [0.25, 0.3) is 0 Å². The molecular formula is C13H14N6O2S. The third-order valence-corrected chi connectivity index (χ3v) is 4.04. The zero-order chi connectivity index (χ0) is 15.9. The molecule has 2 aromatic heterocycles. The number of nitrogens with one attached hydrogen (secondary N) is 2. The molecule has 22 heavy (non-hydrogen) atoms. The molecule has 3 rings (SSSR count). The summed E-state index contributed by atoms with van der Waals surface area (Å²) in [6.07, 6.45) is 1.21. The smallest absolute Gasteiger partial charge is 0.328 e. The van der Waals surface area contributed by atoms with Gasteiger partial charge in [-0.2, -0.15) is 4.98 Å². The van der Waals surface area contributed by atoms with E-state index in [-0.39, 0.29) is 27.8 Å². The fraction of sp³-hybridized carbons (Fsp3) is 0.154. The number of hydrogen-bond donors (Lipinski definition) is 3. The second-order valence-corrected chi connectivity index (χ2v) is 6.99. The largest absolute Gasteiger partial charge is 0.382 e. The van der Waals surface area contributed by atoms with Crippen LogP contribution >= 0.6 is 0 Å². The van der Waals surface area contributed by atoms with Crippen LogP contribution in [0.3, 0.4) is 0 Å². The van der Waals surface area contributed by atoms with E-state index in [0.717, 1.165) is 5.56 Å². The average molecular weight is 318 g/mol. The van der Waals surface area contributed by atoms with Crippen LogP contribution in [0.2, 0.25) is 0 Å². The Labute approximate surface area is 126 Å².